The van der Waals surface area contributed by atoms with Crippen molar-refractivity contribution in [1.29, 1.82) is 0 Å². The summed E-state index contributed by atoms with van der Waals surface area (Å²) >= 11 is 0. The Morgan fingerprint density at radius 3 is 2.64 bits per heavy atom. The summed E-state index contributed by atoms with van der Waals surface area (Å²) in [7, 11) is 0. The first-order valence-corrected chi connectivity index (χ1v) is 12.9. The number of carbonyl (C=O) groups is 1. The first-order chi connectivity index (χ1) is 17.4. The van der Waals surface area contributed by atoms with Gasteiger partial charge in [-0.3, -0.25) is 4.99 Å². The molecule has 186 valence electrons. The molecule has 0 amide bonds. The van der Waals surface area contributed by atoms with Crippen LogP contribution in [0.25, 0.3) is 11.4 Å². The minimum Gasteiger partial charge on any atom is -0.462 e. The maximum atomic E-state index is 12.0. The van der Waals surface area contributed by atoms with Crippen molar-refractivity contribution >= 4 is 11.7 Å². The number of carbonyl (C=O) groups excluding carboxylic acids is 1. The Morgan fingerprint density at radius 2 is 1.89 bits per heavy atom. The highest BCUT2D eigenvalue weighted by Gasteiger charge is 2.33. The summed E-state index contributed by atoms with van der Waals surface area (Å²) in [6, 6.07) is 17.9. The van der Waals surface area contributed by atoms with Crippen molar-refractivity contribution in [3.05, 3.63) is 82.8 Å². The van der Waals surface area contributed by atoms with Crippen LogP contribution >= 0.6 is 0 Å². The predicted molar refractivity (Wildman–Crippen MR) is 140 cm³/mol. The first-order valence-electron chi connectivity index (χ1n) is 12.9. The summed E-state index contributed by atoms with van der Waals surface area (Å²) in [5, 5.41) is 4.25. The van der Waals surface area contributed by atoms with Crippen molar-refractivity contribution in [3.8, 4) is 11.4 Å². The Kier molecular flexibility index (Phi) is 6.86. The zero-order valence-corrected chi connectivity index (χ0v) is 21.3. The van der Waals surface area contributed by atoms with E-state index in [1.54, 1.807) is 19.1 Å². The Hall–Kier alpha value is -3.54. The van der Waals surface area contributed by atoms with Crippen molar-refractivity contribution in [3.63, 3.8) is 0 Å². The third-order valence-electron chi connectivity index (χ3n) is 7.25. The van der Waals surface area contributed by atoms with E-state index in [2.05, 4.69) is 49.3 Å². The van der Waals surface area contributed by atoms with E-state index in [4.69, 9.17) is 19.2 Å². The van der Waals surface area contributed by atoms with Crippen LogP contribution in [0.1, 0.15) is 80.6 Å². The number of benzene rings is 2. The molecule has 6 heteroatoms. The summed E-state index contributed by atoms with van der Waals surface area (Å²) in [4.78, 5) is 21.7. The molecule has 6 nitrogen and oxygen atoms in total. The van der Waals surface area contributed by atoms with Gasteiger partial charge in [-0.25, -0.2) is 4.79 Å². The summed E-state index contributed by atoms with van der Waals surface area (Å²) in [5.74, 6) is 1.09. The molecule has 0 fully saturated rings. The van der Waals surface area contributed by atoms with Gasteiger partial charge in [0, 0.05) is 12.1 Å². The highest BCUT2D eigenvalue weighted by molar-refractivity contribution is 6.10. The van der Waals surface area contributed by atoms with E-state index in [1.807, 2.05) is 12.1 Å². The molecule has 5 rings (SSSR count). The summed E-state index contributed by atoms with van der Waals surface area (Å²) in [5.41, 5.74) is 6.55. The van der Waals surface area contributed by atoms with Crippen molar-refractivity contribution < 1.29 is 14.1 Å². The average Bonchev–Trinajstić information content (AvgIpc) is 3.35. The van der Waals surface area contributed by atoms with Gasteiger partial charge in [-0.1, -0.05) is 67.0 Å². The van der Waals surface area contributed by atoms with Crippen molar-refractivity contribution in [2.24, 2.45) is 10.4 Å². The van der Waals surface area contributed by atoms with Crippen LogP contribution in [0.3, 0.4) is 0 Å². The van der Waals surface area contributed by atoms with E-state index in [9.17, 15) is 4.79 Å². The number of allylic oxidation sites excluding steroid dienone is 2. The van der Waals surface area contributed by atoms with E-state index in [-0.39, 0.29) is 11.4 Å². The standard InChI is InChI=1S/C30H33N3O3/c1-4-35-29(34)22-12-10-21(11-13-22)27-32-28(36-33-27)26-25-14-16-30(2,3)19-24(25)18-23(15-17-31-26)20-8-6-5-7-9-20/h5-13,23H,4,14-19H2,1-3H3. The number of ether oxygens (including phenoxy) is 1. The molecule has 0 N–H and O–H groups in total. The fourth-order valence-corrected chi connectivity index (χ4v) is 5.33. The van der Waals surface area contributed by atoms with Crippen LogP contribution in [0.2, 0.25) is 0 Å². The molecule has 1 unspecified atom stereocenters. The van der Waals surface area contributed by atoms with Gasteiger partial charge in [0.15, 0.2) is 0 Å². The van der Waals surface area contributed by atoms with Gasteiger partial charge >= 0.3 is 5.97 Å². The molecule has 2 heterocycles. The number of hydrogen-bond acceptors (Lipinski definition) is 6. The number of aromatic nitrogens is 2. The van der Waals surface area contributed by atoms with Crippen molar-refractivity contribution in [2.75, 3.05) is 13.2 Å². The fourth-order valence-electron chi connectivity index (χ4n) is 5.33. The van der Waals surface area contributed by atoms with Crippen LogP contribution in [0.15, 0.2) is 75.3 Å². The Balaban J connectivity index is 1.45. The minimum atomic E-state index is -0.338. The lowest BCUT2D eigenvalue weighted by Gasteiger charge is -2.35. The van der Waals surface area contributed by atoms with Crippen LogP contribution in [0.4, 0.5) is 0 Å². The van der Waals surface area contributed by atoms with E-state index >= 15 is 0 Å². The largest absolute Gasteiger partial charge is 0.462 e. The van der Waals surface area contributed by atoms with Gasteiger partial charge in [0.2, 0.25) is 5.82 Å². The fraction of sp³-hybridized carbons (Fsp3) is 0.400. The molecule has 1 aliphatic heterocycles. The van der Waals surface area contributed by atoms with Gasteiger partial charge in [-0.05, 0) is 73.6 Å². The Labute approximate surface area is 212 Å². The van der Waals surface area contributed by atoms with Gasteiger partial charge in [-0.15, -0.1) is 0 Å². The Morgan fingerprint density at radius 1 is 1.11 bits per heavy atom. The molecule has 0 spiro atoms. The normalized spacial score (nSPS) is 19.6. The number of esters is 1. The van der Waals surface area contributed by atoms with Gasteiger partial charge in [0.25, 0.3) is 5.89 Å². The molecule has 36 heavy (non-hydrogen) atoms. The molecule has 2 aliphatic rings. The zero-order chi connectivity index (χ0) is 25.1. The quantitative estimate of drug-likeness (QED) is 0.374. The molecule has 2 aromatic carbocycles. The van der Waals surface area contributed by atoms with Crippen LogP contribution in [-0.4, -0.2) is 35.0 Å². The molecule has 3 aromatic rings. The van der Waals surface area contributed by atoms with E-state index < -0.39 is 0 Å². The Bertz CT molecular complexity index is 1290. The molecule has 1 aromatic heterocycles. The van der Waals surface area contributed by atoms with Gasteiger partial charge in [0.1, 0.15) is 5.71 Å². The van der Waals surface area contributed by atoms with Gasteiger partial charge < -0.3 is 9.26 Å². The maximum Gasteiger partial charge on any atom is 0.338 e. The second-order valence-electron chi connectivity index (χ2n) is 10.5. The van der Waals surface area contributed by atoms with Crippen LogP contribution < -0.4 is 0 Å². The highest BCUT2D eigenvalue weighted by atomic mass is 16.5. The van der Waals surface area contributed by atoms with E-state index in [0.29, 0.717) is 29.8 Å². The lowest BCUT2D eigenvalue weighted by molar-refractivity contribution is 0.0526. The summed E-state index contributed by atoms with van der Waals surface area (Å²) < 4.78 is 10.8. The summed E-state index contributed by atoms with van der Waals surface area (Å²) in [6.45, 7) is 7.57. The van der Waals surface area contributed by atoms with E-state index in [1.165, 1.54) is 16.7 Å². The van der Waals surface area contributed by atoms with Crippen LogP contribution in [0.5, 0.6) is 0 Å². The monoisotopic (exact) mass is 483 g/mol. The molecule has 0 radical (unpaired) electrons. The molecular weight excluding hydrogens is 450 g/mol. The second kappa shape index (κ2) is 10.2. The molecule has 0 saturated carbocycles. The van der Waals surface area contributed by atoms with Gasteiger partial charge in [0.05, 0.1) is 12.2 Å². The number of nitrogens with zero attached hydrogens (tertiary/aromatic N) is 3. The number of hydrogen-bond donors (Lipinski definition) is 0. The first kappa shape index (κ1) is 24.2. The maximum absolute atomic E-state index is 12.0. The third-order valence-corrected chi connectivity index (χ3v) is 7.25. The molecule has 1 atom stereocenters. The van der Waals surface area contributed by atoms with Crippen molar-refractivity contribution in [2.45, 2.75) is 58.8 Å². The number of aliphatic imine (C=N–C) groups is 1. The van der Waals surface area contributed by atoms with Gasteiger partial charge in [-0.2, -0.15) is 4.98 Å². The summed E-state index contributed by atoms with van der Waals surface area (Å²) in [6.07, 6.45) is 5.16. The average molecular weight is 484 g/mol. The molecule has 1 aliphatic carbocycles. The lowest BCUT2D eigenvalue weighted by atomic mass is 9.70. The lowest BCUT2D eigenvalue weighted by Crippen LogP contribution is -2.25. The number of rotatable bonds is 5. The smallest absolute Gasteiger partial charge is 0.338 e. The highest BCUT2D eigenvalue weighted by Crippen LogP contribution is 2.44. The van der Waals surface area contributed by atoms with Crippen LogP contribution in [0, 0.1) is 5.41 Å². The van der Waals surface area contributed by atoms with Crippen LogP contribution in [-0.2, 0) is 4.74 Å². The SMILES string of the molecule is CCOC(=O)c1ccc(-c2noc(C3=NCCC(c4ccccc4)CC4=C3CCC(C)(C)C4)n2)cc1. The topological polar surface area (TPSA) is 77.6 Å². The van der Waals surface area contributed by atoms with Crippen molar-refractivity contribution in [1.82, 2.24) is 10.1 Å². The second-order valence-corrected chi connectivity index (χ2v) is 10.5. The predicted octanol–water partition coefficient (Wildman–Crippen LogP) is 6.79. The minimum absolute atomic E-state index is 0.269. The van der Waals surface area contributed by atoms with E-state index in [0.717, 1.165) is 49.9 Å². The molecule has 0 bridgehead atoms. The zero-order valence-electron chi connectivity index (χ0n) is 21.3. The molecular formula is C30H33N3O3. The molecule has 0 saturated heterocycles. The third kappa shape index (κ3) is 5.18.